The predicted molar refractivity (Wildman–Crippen MR) is 108 cm³/mol. The van der Waals surface area contributed by atoms with E-state index in [1.165, 1.54) is 23.1 Å². The molecule has 2 aromatic rings. The van der Waals surface area contributed by atoms with E-state index in [1.54, 1.807) is 4.90 Å². The molecule has 7 heteroatoms. The lowest BCUT2D eigenvalue weighted by Gasteiger charge is -2.24. The van der Waals surface area contributed by atoms with Crippen LogP contribution in [0.2, 0.25) is 0 Å². The highest BCUT2D eigenvalue weighted by atomic mass is 32.2. The molecule has 0 aromatic carbocycles. The second-order valence-electron chi connectivity index (χ2n) is 6.24. The molecule has 0 radical (unpaired) electrons. The van der Waals surface area contributed by atoms with Crippen molar-refractivity contribution in [1.29, 1.82) is 0 Å². The Hall–Kier alpha value is -1.60. The summed E-state index contributed by atoms with van der Waals surface area (Å²) in [5.41, 5.74) is 1.86. The number of amides is 1. The summed E-state index contributed by atoms with van der Waals surface area (Å²) in [6.07, 6.45) is 0. The van der Waals surface area contributed by atoms with E-state index in [9.17, 15) is 9.59 Å². The highest BCUT2D eigenvalue weighted by molar-refractivity contribution is 7.99. The first-order valence-electron chi connectivity index (χ1n) is 8.28. The number of aromatic amines is 1. The Morgan fingerprint density at radius 3 is 2.72 bits per heavy atom. The van der Waals surface area contributed by atoms with Gasteiger partial charge < -0.3 is 9.88 Å². The number of hydrogen-bond donors (Lipinski definition) is 1. The van der Waals surface area contributed by atoms with E-state index in [0.29, 0.717) is 30.1 Å². The second-order valence-corrected chi connectivity index (χ2v) is 8.77. The fourth-order valence-corrected chi connectivity index (χ4v) is 4.46. The third-order valence-corrected chi connectivity index (χ3v) is 6.30. The molecular formula is C18H25N3O2S2. The predicted octanol–water partition coefficient (Wildman–Crippen LogP) is 3.65. The van der Waals surface area contributed by atoms with Crippen molar-refractivity contribution >= 4 is 39.2 Å². The highest BCUT2D eigenvalue weighted by Gasteiger charge is 2.20. The molecule has 2 rings (SSSR count). The molecule has 0 fully saturated rings. The van der Waals surface area contributed by atoms with Gasteiger partial charge in [0.25, 0.3) is 5.56 Å². The molecule has 0 saturated carbocycles. The molecule has 0 aliphatic rings. The van der Waals surface area contributed by atoms with E-state index in [0.717, 1.165) is 20.8 Å². The summed E-state index contributed by atoms with van der Waals surface area (Å²) in [5, 5.41) is 0.478. The van der Waals surface area contributed by atoms with Gasteiger partial charge in [-0.1, -0.05) is 12.2 Å². The van der Waals surface area contributed by atoms with Gasteiger partial charge >= 0.3 is 0 Å². The van der Waals surface area contributed by atoms with Gasteiger partial charge in [0.2, 0.25) is 5.91 Å². The number of fused-ring (bicyclic) bond motifs is 1. The van der Waals surface area contributed by atoms with Gasteiger partial charge in [0, 0.05) is 18.0 Å². The van der Waals surface area contributed by atoms with Gasteiger partial charge in [-0.3, -0.25) is 9.59 Å². The van der Waals surface area contributed by atoms with Gasteiger partial charge in [0.15, 0.2) is 0 Å². The maximum atomic E-state index is 12.5. The number of thiophene rings is 1. The summed E-state index contributed by atoms with van der Waals surface area (Å²) in [4.78, 5) is 35.9. The summed E-state index contributed by atoms with van der Waals surface area (Å²) in [6.45, 7) is 14.8. The molecule has 0 spiro atoms. The Kier molecular flexibility index (Phi) is 6.46. The van der Waals surface area contributed by atoms with Gasteiger partial charge in [0.05, 0.1) is 16.4 Å². The van der Waals surface area contributed by atoms with Crippen LogP contribution in [0.25, 0.3) is 10.2 Å². The summed E-state index contributed by atoms with van der Waals surface area (Å²) < 4.78 is 0. The number of carbonyl (C=O) groups excluding carboxylic acids is 1. The van der Waals surface area contributed by atoms with E-state index < -0.39 is 0 Å². The molecule has 0 aliphatic carbocycles. The van der Waals surface area contributed by atoms with E-state index in [2.05, 4.69) is 16.5 Å². The number of likely N-dealkylation sites (N-methyl/N-ethyl adjacent to an activating group) is 1. The van der Waals surface area contributed by atoms with Crippen molar-refractivity contribution in [2.45, 2.75) is 45.6 Å². The van der Waals surface area contributed by atoms with Crippen LogP contribution in [-0.2, 0) is 10.5 Å². The van der Waals surface area contributed by atoms with Crippen LogP contribution >= 0.6 is 23.1 Å². The quantitative estimate of drug-likeness (QED) is 0.746. The van der Waals surface area contributed by atoms with Gasteiger partial charge in [-0.05, 0) is 40.2 Å². The van der Waals surface area contributed by atoms with E-state index >= 15 is 0 Å². The minimum absolute atomic E-state index is 0.0849. The molecule has 1 atom stereocenters. The molecule has 0 aliphatic heterocycles. The molecule has 2 heterocycles. The number of aromatic nitrogens is 2. The average molecular weight is 380 g/mol. The van der Waals surface area contributed by atoms with Crippen LogP contribution in [0.5, 0.6) is 0 Å². The van der Waals surface area contributed by atoms with E-state index in [4.69, 9.17) is 0 Å². The number of nitrogens with one attached hydrogen (secondary N) is 1. The number of rotatable bonds is 7. The van der Waals surface area contributed by atoms with Crippen molar-refractivity contribution in [2.75, 3.05) is 13.1 Å². The van der Waals surface area contributed by atoms with Crippen LogP contribution in [0.3, 0.4) is 0 Å². The lowest BCUT2D eigenvalue weighted by molar-refractivity contribution is -0.129. The van der Waals surface area contributed by atoms with Gasteiger partial charge in [-0.25, -0.2) is 4.98 Å². The molecular weight excluding hydrogens is 354 g/mol. The number of carbonyl (C=O) groups is 1. The van der Waals surface area contributed by atoms with Crippen molar-refractivity contribution in [3.8, 4) is 0 Å². The van der Waals surface area contributed by atoms with Crippen molar-refractivity contribution in [1.82, 2.24) is 14.9 Å². The first kappa shape index (κ1) is 19.7. The third kappa shape index (κ3) is 4.52. The van der Waals surface area contributed by atoms with E-state index in [-0.39, 0.29) is 16.7 Å². The smallest absolute Gasteiger partial charge is 0.259 e. The number of nitrogens with zero attached hydrogens (tertiary/aromatic N) is 2. The fourth-order valence-electron chi connectivity index (χ4n) is 2.57. The zero-order chi connectivity index (χ0) is 18.7. The Bertz CT molecular complexity index is 854. The molecule has 2 aromatic heterocycles. The normalized spacial score (nSPS) is 12.4. The topological polar surface area (TPSA) is 66.1 Å². The Morgan fingerprint density at radius 1 is 1.44 bits per heavy atom. The fraction of sp³-hybridized carbons (Fsp3) is 0.500. The summed E-state index contributed by atoms with van der Waals surface area (Å²) in [6, 6.07) is 0. The third-order valence-electron chi connectivity index (χ3n) is 4.06. The van der Waals surface area contributed by atoms with Crippen LogP contribution < -0.4 is 5.56 Å². The standard InChI is InChI=1S/C18H25N3O2S2/c1-7-21(8-10(2)3)18(23)13(6)24-9-14-19-16(22)15-11(4)12(5)25-17(15)20-14/h13H,2,7-9H2,1,3-6H3,(H,19,20,22). The van der Waals surface area contributed by atoms with Crippen LogP contribution in [0, 0.1) is 13.8 Å². The number of thioether (sulfide) groups is 1. The van der Waals surface area contributed by atoms with Crippen LogP contribution in [0.15, 0.2) is 16.9 Å². The maximum absolute atomic E-state index is 12.5. The highest BCUT2D eigenvalue weighted by Crippen LogP contribution is 2.26. The number of H-pyrrole nitrogens is 1. The first-order valence-corrected chi connectivity index (χ1v) is 10.1. The molecule has 1 N–H and O–H groups in total. The molecule has 1 unspecified atom stereocenters. The van der Waals surface area contributed by atoms with Crippen LogP contribution in [-0.4, -0.2) is 39.1 Å². The summed E-state index contributed by atoms with van der Waals surface area (Å²) in [5.74, 6) is 1.20. The molecule has 136 valence electrons. The zero-order valence-corrected chi connectivity index (χ0v) is 17.1. The molecule has 0 saturated heterocycles. The van der Waals surface area contributed by atoms with Crippen molar-refractivity contribution in [3.05, 3.63) is 38.8 Å². The lowest BCUT2D eigenvalue weighted by atomic mass is 10.2. The molecule has 25 heavy (non-hydrogen) atoms. The maximum Gasteiger partial charge on any atom is 0.259 e. The second kappa shape index (κ2) is 8.19. The molecule has 5 nitrogen and oxygen atoms in total. The largest absolute Gasteiger partial charge is 0.338 e. The van der Waals surface area contributed by atoms with Crippen molar-refractivity contribution in [3.63, 3.8) is 0 Å². The average Bonchev–Trinajstić information content (AvgIpc) is 2.84. The zero-order valence-electron chi connectivity index (χ0n) is 15.4. The monoisotopic (exact) mass is 379 g/mol. The Morgan fingerprint density at radius 2 is 2.12 bits per heavy atom. The molecule has 1 amide bonds. The number of hydrogen-bond acceptors (Lipinski definition) is 5. The SMILES string of the molecule is C=C(C)CN(CC)C(=O)C(C)SCc1nc2sc(C)c(C)c2c(=O)[nH]1. The Balaban J connectivity index is 2.10. The van der Waals surface area contributed by atoms with E-state index in [1.807, 2.05) is 34.6 Å². The minimum Gasteiger partial charge on any atom is -0.338 e. The summed E-state index contributed by atoms with van der Waals surface area (Å²) >= 11 is 3.03. The molecule has 0 bridgehead atoms. The van der Waals surface area contributed by atoms with Crippen LogP contribution in [0.4, 0.5) is 0 Å². The first-order chi connectivity index (χ1) is 11.7. The number of aryl methyl sites for hydroxylation is 2. The lowest BCUT2D eigenvalue weighted by Crippen LogP contribution is -2.37. The Labute approximate surface area is 156 Å². The van der Waals surface area contributed by atoms with Crippen molar-refractivity contribution < 1.29 is 4.79 Å². The van der Waals surface area contributed by atoms with Crippen molar-refractivity contribution in [2.24, 2.45) is 0 Å². The minimum atomic E-state index is -0.202. The van der Waals surface area contributed by atoms with Gasteiger partial charge in [0.1, 0.15) is 10.7 Å². The van der Waals surface area contributed by atoms with Gasteiger partial charge in [-0.15, -0.1) is 23.1 Å². The van der Waals surface area contributed by atoms with Gasteiger partial charge in [-0.2, -0.15) is 0 Å². The van der Waals surface area contributed by atoms with Crippen LogP contribution in [0.1, 0.15) is 37.0 Å². The summed E-state index contributed by atoms with van der Waals surface area (Å²) in [7, 11) is 0.